The van der Waals surface area contributed by atoms with Crippen molar-refractivity contribution >= 4 is 61.0 Å². The highest BCUT2D eigenvalue weighted by molar-refractivity contribution is 8.93. The summed E-state index contributed by atoms with van der Waals surface area (Å²) in [5.74, 6) is -1.04. The molecule has 196 valence electrons. The summed E-state index contributed by atoms with van der Waals surface area (Å²) >= 11 is 0. The summed E-state index contributed by atoms with van der Waals surface area (Å²) in [6.07, 6.45) is -1.36. The second-order valence-corrected chi connectivity index (χ2v) is 9.92. The van der Waals surface area contributed by atoms with Crippen molar-refractivity contribution in [3.05, 3.63) is 60.4 Å². The van der Waals surface area contributed by atoms with Crippen molar-refractivity contribution in [3.63, 3.8) is 0 Å². The number of ketones is 1. The Kier molecular flexibility index (Phi) is 7.98. The maximum Gasteiger partial charge on any atom is 0.393 e. The third-order valence-electron chi connectivity index (χ3n) is 5.36. The monoisotopic (exact) mass is 599 g/mol. The third-order valence-corrected chi connectivity index (χ3v) is 5.96. The molecule has 0 saturated carbocycles. The lowest BCUT2D eigenvalue weighted by molar-refractivity contribution is -0.127. The number of carbonyl (C=O) groups is 2. The number of nitrogens with zero attached hydrogens (tertiary/aromatic N) is 2. The Labute approximate surface area is 220 Å². The number of benzene rings is 2. The van der Waals surface area contributed by atoms with Crippen molar-refractivity contribution in [1.29, 1.82) is 0 Å². The molecule has 1 amide bonds. The number of allylic oxidation sites excluding steroid dienone is 1. The van der Waals surface area contributed by atoms with Gasteiger partial charge in [0.25, 0.3) is 0 Å². The molecule has 0 aliphatic carbocycles. The molecule has 0 fully saturated rings. The molecule has 0 unspecified atom stereocenters. The van der Waals surface area contributed by atoms with Gasteiger partial charge in [0, 0.05) is 34.6 Å². The zero-order chi connectivity index (χ0) is 26.3. The van der Waals surface area contributed by atoms with Crippen LogP contribution in [0.15, 0.2) is 54.9 Å². The van der Waals surface area contributed by atoms with Gasteiger partial charge in [-0.3, -0.25) is 24.2 Å². The Morgan fingerprint density at radius 3 is 2.35 bits per heavy atom. The quantitative estimate of drug-likeness (QED) is 0.409. The van der Waals surface area contributed by atoms with Gasteiger partial charge in [0.2, 0.25) is 15.9 Å². The second kappa shape index (κ2) is 10.5. The Balaban J connectivity index is 0.00000380. The van der Waals surface area contributed by atoms with Crippen molar-refractivity contribution in [2.75, 3.05) is 23.0 Å². The largest absolute Gasteiger partial charge is 0.496 e. The topological polar surface area (TPSA) is 106 Å². The highest BCUT2D eigenvalue weighted by Crippen LogP contribution is 2.41. The van der Waals surface area contributed by atoms with Crippen LogP contribution < -0.4 is 14.4 Å². The Hall–Kier alpha value is -3.45. The highest BCUT2D eigenvalue weighted by Gasteiger charge is 2.32. The van der Waals surface area contributed by atoms with Crippen LogP contribution in [-0.4, -0.2) is 44.6 Å². The lowest BCUT2D eigenvalue weighted by Gasteiger charge is -2.24. The van der Waals surface area contributed by atoms with E-state index in [2.05, 4.69) is 9.71 Å². The van der Waals surface area contributed by atoms with Gasteiger partial charge in [-0.05, 0) is 35.9 Å². The number of carbonyl (C=O) groups excluding carboxylic acids is 2. The minimum Gasteiger partial charge on any atom is -0.496 e. The number of nitrogens with one attached hydrogen (secondary N) is 1. The fraction of sp³-hybridized carbons (Fsp3) is 0.208. The molecule has 3 aromatic rings. The smallest absolute Gasteiger partial charge is 0.393 e. The number of ether oxygens (including phenoxy) is 1. The van der Waals surface area contributed by atoms with Gasteiger partial charge >= 0.3 is 6.18 Å². The summed E-state index contributed by atoms with van der Waals surface area (Å²) in [5.41, 5.74) is 1.59. The first kappa shape index (κ1) is 28.1. The van der Waals surface area contributed by atoms with E-state index in [1.807, 2.05) is 0 Å². The standard InChI is InChI=1S/C24H20F3N3O5S.BrH/c1-35-23-15(12-24(25,26)27)10-20(30-8-7-18(31)11-21(30)32)22-19(23)9-16(13-28-22)14-3-5-17(6-4-14)29-36(2,33)34;/h3-10,13,29H,11-12H2,1-2H3;1H. The zero-order valence-electron chi connectivity index (χ0n) is 19.5. The van der Waals surface area contributed by atoms with Crippen LogP contribution in [0.5, 0.6) is 5.75 Å². The molecule has 0 bridgehead atoms. The number of methoxy groups -OCH3 is 1. The van der Waals surface area contributed by atoms with E-state index in [-0.39, 0.29) is 44.9 Å². The molecule has 4 rings (SSSR count). The van der Waals surface area contributed by atoms with Gasteiger partial charge in [-0.2, -0.15) is 13.2 Å². The summed E-state index contributed by atoms with van der Waals surface area (Å²) in [6, 6.07) is 9.13. The van der Waals surface area contributed by atoms with Crippen LogP contribution >= 0.6 is 17.0 Å². The highest BCUT2D eigenvalue weighted by atomic mass is 79.9. The summed E-state index contributed by atoms with van der Waals surface area (Å²) in [5, 5.41) is 0.239. The number of amides is 1. The number of anilines is 2. The van der Waals surface area contributed by atoms with E-state index in [0.29, 0.717) is 16.8 Å². The lowest BCUT2D eigenvalue weighted by atomic mass is 9.99. The minimum atomic E-state index is -4.55. The lowest BCUT2D eigenvalue weighted by Crippen LogP contribution is -2.31. The number of rotatable bonds is 6. The average Bonchev–Trinajstić information content (AvgIpc) is 2.77. The van der Waals surface area contributed by atoms with Crippen LogP contribution in [0.3, 0.4) is 0 Å². The summed E-state index contributed by atoms with van der Waals surface area (Å²) in [4.78, 5) is 29.7. The molecule has 13 heteroatoms. The van der Waals surface area contributed by atoms with Gasteiger partial charge < -0.3 is 4.74 Å². The maximum absolute atomic E-state index is 13.4. The van der Waals surface area contributed by atoms with E-state index in [1.165, 1.54) is 43.8 Å². The molecule has 2 heterocycles. The predicted molar refractivity (Wildman–Crippen MR) is 139 cm³/mol. The molecule has 1 N–H and O–H groups in total. The van der Waals surface area contributed by atoms with Gasteiger partial charge in [-0.25, -0.2) is 8.42 Å². The molecule has 1 aliphatic rings. The number of fused-ring (bicyclic) bond motifs is 1. The third kappa shape index (κ3) is 6.46. The van der Waals surface area contributed by atoms with Crippen LogP contribution in [0.1, 0.15) is 12.0 Å². The van der Waals surface area contributed by atoms with Crippen LogP contribution in [0.25, 0.3) is 22.0 Å². The van der Waals surface area contributed by atoms with Gasteiger partial charge in [-0.1, -0.05) is 12.1 Å². The maximum atomic E-state index is 13.4. The average molecular weight is 600 g/mol. The summed E-state index contributed by atoms with van der Waals surface area (Å²) in [6.45, 7) is 0. The van der Waals surface area contributed by atoms with Crippen LogP contribution in [0.4, 0.5) is 24.5 Å². The van der Waals surface area contributed by atoms with Crippen LogP contribution in [0, 0.1) is 0 Å². The van der Waals surface area contributed by atoms with Crippen molar-refractivity contribution in [2.24, 2.45) is 0 Å². The first-order chi connectivity index (χ1) is 16.8. The van der Waals surface area contributed by atoms with Gasteiger partial charge in [0.1, 0.15) is 5.75 Å². The van der Waals surface area contributed by atoms with E-state index in [0.717, 1.165) is 11.2 Å². The first-order valence-electron chi connectivity index (χ1n) is 10.5. The van der Waals surface area contributed by atoms with Crippen LogP contribution in [-0.2, 0) is 26.0 Å². The van der Waals surface area contributed by atoms with Gasteiger partial charge in [-0.15, -0.1) is 17.0 Å². The van der Waals surface area contributed by atoms with Gasteiger partial charge in [0.15, 0.2) is 5.78 Å². The minimum absolute atomic E-state index is 0. The summed E-state index contributed by atoms with van der Waals surface area (Å²) in [7, 11) is -2.22. The molecular weight excluding hydrogens is 579 g/mol. The van der Waals surface area contributed by atoms with Crippen molar-refractivity contribution < 1.29 is 35.9 Å². The molecule has 0 spiro atoms. The van der Waals surface area contributed by atoms with E-state index in [4.69, 9.17) is 4.74 Å². The number of hydrogen-bond donors (Lipinski definition) is 1. The molecular formula is C24H21BrF3N3O5S. The summed E-state index contributed by atoms with van der Waals surface area (Å²) < 4.78 is 70.8. The number of pyridine rings is 1. The Morgan fingerprint density at radius 2 is 1.78 bits per heavy atom. The number of halogens is 4. The fourth-order valence-corrected chi connectivity index (χ4v) is 4.50. The van der Waals surface area contributed by atoms with Crippen molar-refractivity contribution in [1.82, 2.24) is 4.98 Å². The molecule has 8 nitrogen and oxygen atoms in total. The first-order valence-corrected chi connectivity index (χ1v) is 12.4. The van der Waals surface area contributed by atoms with Crippen molar-refractivity contribution in [2.45, 2.75) is 19.0 Å². The normalized spacial score (nSPS) is 14.0. The number of aromatic nitrogens is 1. The Morgan fingerprint density at radius 1 is 1.11 bits per heavy atom. The molecule has 0 saturated heterocycles. The second-order valence-electron chi connectivity index (χ2n) is 8.17. The van der Waals surface area contributed by atoms with Crippen LogP contribution in [0.2, 0.25) is 0 Å². The van der Waals surface area contributed by atoms with E-state index < -0.39 is 40.7 Å². The predicted octanol–water partition coefficient (Wildman–Crippen LogP) is 4.78. The fourth-order valence-electron chi connectivity index (χ4n) is 3.94. The molecule has 37 heavy (non-hydrogen) atoms. The van der Waals surface area contributed by atoms with E-state index in [9.17, 15) is 31.2 Å². The van der Waals surface area contributed by atoms with Gasteiger partial charge in [0.05, 0.1) is 37.4 Å². The van der Waals surface area contributed by atoms with E-state index >= 15 is 0 Å². The number of sulfonamides is 1. The van der Waals surface area contributed by atoms with E-state index in [1.54, 1.807) is 18.2 Å². The molecule has 2 aromatic carbocycles. The Bertz CT molecular complexity index is 1510. The molecule has 1 aromatic heterocycles. The molecule has 1 aliphatic heterocycles. The van der Waals surface area contributed by atoms with Crippen molar-refractivity contribution in [3.8, 4) is 16.9 Å². The molecule has 0 radical (unpaired) electrons. The zero-order valence-corrected chi connectivity index (χ0v) is 22.0. The SMILES string of the molecule is Br.COc1c(CC(F)(F)F)cc(N2C=CC(=O)CC2=O)c2ncc(-c3ccc(NS(C)(=O)=O)cc3)cc12. The number of alkyl halides is 3. The molecule has 0 atom stereocenters. The number of hydrogen-bond acceptors (Lipinski definition) is 6.